The molecule has 5 aliphatic rings. The van der Waals surface area contributed by atoms with Gasteiger partial charge < -0.3 is 24.6 Å². The monoisotopic (exact) mass is 723 g/mol. The highest BCUT2D eigenvalue weighted by Crippen LogP contribution is 2.57. The lowest BCUT2D eigenvalue weighted by Gasteiger charge is -2.57. The van der Waals surface area contributed by atoms with Crippen molar-refractivity contribution in [3.8, 4) is 35.4 Å². The van der Waals surface area contributed by atoms with Gasteiger partial charge in [-0.25, -0.2) is 8.78 Å². The number of fused-ring (bicyclic) bond motifs is 5. The number of hydrogen-bond donors (Lipinski definition) is 2. The smallest absolute Gasteiger partial charge is 0.319 e. The van der Waals surface area contributed by atoms with E-state index in [0.717, 1.165) is 70.8 Å². The molecule has 53 heavy (non-hydrogen) atoms. The molecule has 1 aliphatic carbocycles. The van der Waals surface area contributed by atoms with Crippen molar-refractivity contribution in [1.29, 1.82) is 0 Å². The van der Waals surface area contributed by atoms with E-state index in [4.69, 9.17) is 25.9 Å². The number of aromatic nitrogens is 3. The average Bonchev–Trinajstić information content (AvgIpc) is 3.67. The van der Waals surface area contributed by atoms with Crippen LogP contribution in [0.15, 0.2) is 30.5 Å². The molecule has 2 aromatic heterocycles. The van der Waals surface area contributed by atoms with Gasteiger partial charge in [0.05, 0.1) is 35.4 Å². The number of nitrogens with zero attached hydrogens (tertiary/aromatic N) is 5. The van der Waals surface area contributed by atoms with Gasteiger partial charge in [-0.15, -0.1) is 6.42 Å². The maximum Gasteiger partial charge on any atom is 0.319 e. The molecule has 4 aromatic rings. The largest absolute Gasteiger partial charge is 0.508 e. The molecule has 2 N–H and O–H groups in total. The fourth-order valence-corrected chi connectivity index (χ4v) is 10.8. The highest BCUT2D eigenvalue weighted by atomic mass is 19.1. The topological polar surface area (TPSA) is 104 Å². The fraction of sp³-hybridized carbons (Fsp3) is 0.548. The molecular formula is C42H47F2N5O4. The van der Waals surface area contributed by atoms with Crippen LogP contribution in [0, 0.1) is 29.4 Å². The number of hydrogen-bond acceptors (Lipinski definition) is 9. The standard InChI is InChI=1S/C42H47F2N5O4/c1-4-30-33(43)11-8-25-18-27(50)21-31(34(25)30)36-35(44)37-32(22-45-36)38(48-16-6-12-40(2,51)23-48)47-39(46-37)52-24-42-14-5-13-41(42,3)49(17-7-15-42)26-19-28-9-10-29(20-26)53-28/h1,8,11,18,21-22,26,28-29,50-51H,5-7,9-10,12-17,19-20,23-24H2,2-3H3/t26?,28?,29?,40-,41?,42-/m1/s1. The predicted molar refractivity (Wildman–Crippen MR) is 199 cm³/mol. The number of phenolic OH excluding ortho intramolecular Hbond substituents is 1. The summed E-state index contributed by atoms with van der Waals surface area (Å²) in [5.41, 5.74) is -1.16. The number of aliphatic hydroxyl groups is 1. The molecule has 2 aromatic carbocycles. The predicted octanol–water partition coefficient (Wildman–Crippen LogP) is 7.27. The van der Waals surface area contributed by atoms with Crippen molar-refractivity contribution >= 4 is 27.5 Å². The molecule has 4 saturated heterocycles. The third kappa shape index (κ3) is 5.71. The van der Waals surface area contributed by atoms with Gasteiger partial charge in [-0.1, -0.05) is 18.4 Å². The number of terminal acetylenes is 1. The Hall–Kier alpha value is -4.11. The Bertz CT molecular complexity index is 2140. The van der Waals surface area contributed by atoms with E-state index in [9.17, 15) is 14.6 Å². The van der Waals surface area contributed by atoms with Crippen molar-refractivity contribution in [2.75, 3.05) is 31.1 Å². The molecule has 1 saturated carbocycles. The Morgan fingerprint density at radius 3 is 2.57 bits per heavy atom. The normalized spacial score (nSPS) is 31.5. The summed E-state index contributed by atoms with van der Waals surface area (Å²) in [7, 11) is 0. The minimum atomic E-state index is -0.960. The van der Waals surface area contributed by atoms with Crippen molar-refractivity contribution in [3.05, 3.63) is 47.7 Å². The van der Waals surface area contributed by atoms with Gasteiger partial charge in [-0.3, -0.25) is 9.88 Å². The molecule has 2 bridgehead atoms. The summed E-state index contributed by atoms with van der Waals surface area (Å²) in [6.07, 6.45) is 19.2. The number of benzene rings is 2. The van der Waals surface area contributed by atoms with E-state index < -0.39 is 17.2 Å². The maximum absolute atomic E-state index is 17.1. The zero-order chi connectivity index (χ0) is 36.7. The van der Waals surface area contributed by atoms with Gasteiger partial charge in [0.25, 0.3) is 0 Å². The number of pyridine rings is 1. The van der Waals surface area contributed by atoms with Crippen LogP contribution in [-0.4, -0.2) is 85.7 Å². The zero-order valence-electron chi connectivity index (χ0n) is 30.5. The SMILES string of the molecule is C#Cc1c(F)ccc2cc(O)cc(-c3ncc4c(N5CCC[C@@](C)(O)C5)nc(OC[C@@]56CCCN(C7CC8CCC(C7)O8)C5(C)CCC6)nc4c3F)c12. The third-order valence-corrected chi connectivity index (χ3v) is 13.4. The Morgan fingerprint density at radius 2 is 1.79 bits per heavy atom. The number of anilines is 1. The van der Waals surface area contributed by atoms with Crippen molar-refractivity contribution in [2.45, 2.75) is 114 Å². The highest BCUT2D eigenvalue weighted by Gasteiger charge is 2.59. The van der Waals surface area contributed by atoms with E-state index in [2.05, 4.69) is 22.7 Å². The minimum Gasteiger partial charge on any atom is -0.508 e. The number of ether oxygens (including phenoxy) is 2. The third-order valence-electron chi connectivity index (χ3n) is 13.4. The Balaban J connectivity index is 1.13. The lowest BCUT2D eigenvalue weighted by atomic mass is 9.66. The molecular weight excluding hydrogens is 676 g/mol. The van der Waals surface area contributed by atoms with Crippen LogP contribution < -0.4 is 9.64 Å². The summed E-state index contributed by atoms with van der Waals surface area (Å²) in [5.74, 6) is 1.31. The van der Waals surface area contributed by atoms with Crippen LogP contribution in [0.2, 0.25) is 0 Å². The molecule has 3 unspecified atom stereocenters. The van der Waals surface area contributed by atoms with E-state index in [1.165, 1.54) is 30.5 Å². The summed E-state index contributed by atoms with van der Waals surface area (Å²) in [4.78, 5) is 18.9. The summed E-state index contributed by atoms with van der Waals surface area (Å²) in [5, 5.41) is 22.8. The lowest BCUT2D eigenvalue weighted by Crippen LogP contribution is -2.64. The number of piperidine rings is 2. The van der Waals surface area contributed by atoms with Crippen LogP contribution in [-0.2, 0) is 4.74 Å². The van der Waals surface area contributed by atoms with Crippen LogP contribution >= 0.6 is 0 Å². The summed E-state index contributed by atoms with van der Waals surface area (Å²) >= 11 is 0. The molecule has 9 rings (SSSR count). The van der Waals surface area contributed by atoms with Crippen LogP contribution in [0.25, 0.3) is 32.9 Å². The number of rotatable bonds is 6. The first-order valence-electron chi connectivity index (χ1n) is 19.3. The lowest BCUT2D eigenvalue weighted by molar-refractivity contribution is -0.120. The Labute approximate surface area is 308 Å². The van der Waals surface area contributed by atoms with Gasteiger partial charge >= 0.3 is 6.01 Å². The quantitative estimate of drug-likeness (QED) is 0.199. The maximum atomic E-state index is 17.1. The molecule has 0 spiro atoms. The highest BCUT2D eigenvalue weighted by molar-refractivity contribution is 6.03. The first kappa shape index (κ1) is 34.6. The molecule has 0 radical (unpaired) electrons. The van der Waals surface area contributed by atoms with Crippen molar-refractivity contribution in [2.24, 2.45) is 5.41 Å². The first-order chi connectivity index (χ1) is 25.5. The van der Waals surface area contributed by atoms with Gasteiger partial charge in [0, 0.05) is 47.2 Å². The Kier molecular flexibility index (Phi) is 8.33. The molecule has 5 fully saturated rings. The zero-order valence-corrected chi connectivity index (χ0v) is 30.5. The van der Waals surface area contributed by atoms with Crippen LogP contribution in [0.1, 0.15) is 90.0 Å². The first-order valence-corrected chi connectivity index (χ1v) is 19.3. The van der Waals surface area contributed by atoms with Crippen molar-refractivity contribution in [1.82, 2.24) is 19.9 Å². The van der Waals surface area contributed by atoms with Crippen molar-refractivity contribution in [3.63, 3.8) is 0 Å². The van der Waals surface area contributed by atoms with Gasteiger partial charge in [0.1, 0.15) is 28.6 Å². The number of β-amino-alcohol motifs (C(OH)–C–C–N with tert-alkyl or cyclic N) is 1. The van der Waals surface area contributed by atoms with Gasteiger partial charge in [0.15, 0.2) is 5.82 Å². The van der Waals surface area contributed by atoms with E-state index >= 15 is 4.39 Å². The van der Waals surface area contributed by atoms with Crippen LogP contribution in [0.3, 0.4) is 0 Å². The fourth-order valence-electron chi connectivity index (χ4n) is 10.8. The molecule has 11 heteroatoms. The second-order valence-electron chi connectivity index (χ2n) is 16.8. The number of halogens is 2. The van der Waals surface area contributed by atoms with Crippen LogP contribution in [0.5, 0.6) is 11.8 Å². The second kappa shape index (κ2) is 12.7. The molecule has 0 amide bonds. The van der Waals surface area contributed by atoms with E-state index in [1.54, 1.807) is 6.92 Å². The summed E-state index contributed by atoms with van der Waals surface area (Å²) in [6.45, 7) is 6.60. The number of likely N-dealkylation sites (tertiary alicyclic amines) is 1. The molecule has 278 valence electrons. The van der Waals surface area contributed by atoms with E-state index in [0.29, 0.717) is 61.0 Å². The molecule has 4 aliphatic heterocycles. The molecule has 9 nitrogen and oxygen atoms in total. The summed E-state index contributed by atoms with van der Waals surface area (Å²) < 4.78 is 45.0. The van der Waals surface area contributed by atoms with Gasteiger partial charge in [-0.2, -0.15) is 9.97 Å². The Morgan fingerprint density at radius 1 is 1.02 bits per heavy atom. The van der Waals surface area contributed by atoms with Gasteiger partial charge in [0.2, 0.25) is 0 Å². The van der Waals surface area contributed by atoms with Crippen molar-refractivity contribution < 1.29 is 28.5 Å². The number of phenols is 1. The molecule has 6 heterocycles. The number of aromatic hydroxyl groups is 1. The summed E-state index contributed by atoms with van der Waals surface area (Å²) in [6, 6.07) is 6.10. The van der Waals surface area contributed by atoms with Gasteiger partial charge in [-0.05, 0) is 108 Å². The van der Waals surface area contributed by atoms with E-state index in [-0.39, 0.29) is 50.4 Å². The minimum absolute atomic E-state index is 0.00925. The van der Waals surface area contributed by atoms with Crippen LogP contribution in [0.4, 0.5) is 14.6 Å². The van der Waals surface area contributed by atoms with E-state index in [1.807, 2.05) is 4.90 Å². The average molecular weight is 724 g/mol. The second-order valence-corrected chi connectivity index (χ2v) is 16.8. The molecule has 5 atom stereocenters.